The van der Waals surface area contributed by atoms with Gasteiger partial charge in [-0.25, -0.2) is 0 Å². The molecule has 0 atom stereocenters. The van der Waals surface area contributed by atoms with E-state index in [0.29, 0.717) is 27.3 Å². The lowest BCUT2D eigenvalue weighted by Gasteiger charge is -2.12. The monoisotopic (exact) mass is 455 g/mol. The molecule has 160 valence electrons. The van der Waals surface area contributed by atoms with Crippen molar-refractivity contribution in [3.63, 3.8) is 0 Å². The lowest BCUT2D eigenvalue weighted by Crippen LogP contribution is -2.13. The number of methoxy groups -OCH3 is 1. The van der Waals surface area contributed by atoms with Gasteiger partial charge in [0.2, 0.25) is 5.13 Å². The zero-order valence-corrected chi connectivity index (χ0v) is 18.8. The minimum atomic E-state index is -0.537. The number of halogens is 1. The van der Waals surface area contributed by atoms with Gasteiger partial charge in [-0.15, -0.1) is 10.2 Å². The van der Waals surface area contributed by atoms with Crippen LogP contribution < -0.4 is 10.1 Å². The van der Waals surface area contributed by atoms with E-state index in [1.54, 1.807) is 42.1 Å². The molecular weight excluding hydrogens is 434 g/mol. The summed E-state index contributed by atoms with van der Waals surface area (Å²) in [5.74, 6) is 0.0761. The number of rotatable bonds is 9. The Labute approximate surface area is 189 Å². The molecule has 31 heavy (non-hydrogen) atoms. The molecule has 1 N–H and O–H groups in total. The van der Waals surface area contributed by atoms with Gasteiger partial charge in [-0.05, 0) is 42.8 Å². The van der Waals surface area contributed by atoms with Crippen LogP contribution in [0.1, 0.15) is 36.9 Å². The topological polar surface area (TPSA) is 92.8 Å². The van der Waals surface area contributed by atoms with Gasteiger partial charge in [0.05, 0.1) is 12.8 Å². The van der Waals surface area contributed by atoms with Gasteiger partial charge in [-0.3, -0.25) is 10.1 Å². The fourth-order valence-electron chi connectivity index (χ4n) is 2.97. The summed E-state index contributed by atoms with van der Waals surface area (Å²) in [6.45, 7) is 2.14. The fourth-order valence-corrected chi connectivity index (χ4v) is 3.92. The maximum atomic E-state index is 12.6. The highest BCUT2D eigenvalue weighted by atomic mass is 35.5. The minimum Gasteiger partial charge on any atom is -0.495 e. The smallest absolute Gasteiger partial charge is 0.268 e. The zero-order valence-electron chi connectivity index (χ0n) is 17.3. The fraction of sp³-hybridized carbons (Fsp3) is 0.273. The third kappa shape index (κ3) is 5.72. The van der Waals surface area contributed by atoms with Gasteiger partial charge in [0.25, 0.3) is 5.91 Å². The van der Waals surface area contributed by atoms with Crippen LogP contribution in [0.4, 0.5) is 5.13 Å². The van der Waals surface area contributed by atoms with Crippen molar-refractivity contribution in [2.75, 3.05) is 12.4 Å². The number of carbonyl (C=O) groups excluding carboxylic acids is 1. The Morgan fingerprint density at radius 3 is 2.94 bits per heavy atom. The molecule has 0 radical (unpaired) electrons. The number of benzene rings is 1. The van der Waals surface area contributed by atoms with E-state index in [9.17, 15) is 10.1 Å². The van der Waals surface area contributed by atoms with E-state index in [-0.39, 0.29) is 5.57 Å². The number of aryl methyl sites for hydroxylation is 1. The van der Waals surface area contributed by atoms with Gasteiger partial charge >= 0.3 is 0 Å². The summed E-state index contributed by atoms with van der Waals surface area (Å²) in [6.07, 6.45) is 7.43. The van der Waals surface area contributed by atoms with E-state index in [1.165, 1.54) is 17.4 Å². The average molecular weight is 456 g/mol. The molecule has 9 heteroatoms. The Kier molecular flexibility index (Phi) is 7.82. The number of hydrogen-bond donors (Lipinski definition) is 1. The molecule has 0 aliphatic rings. The number of amides is 1. The van der Waals surface area contributed by atoms with E-state index in [4.69, 9.17) is 16.3 Å². The number of nitrogens with zero attached hydrogens (tertiary/aromatic N) is 4. The van der Waals surface area contributed by atoms with Crippen molar-refractivity contribution in [3.8, 4) is 17.5 Å². The van der Waals surface area contributed by atoms with E-state index < -0.39 is 5.91 Å². The predicted molar refractivity (Wildman–Crippen MR) is 123 cm³/mol. The Balaban J connectivity index is 1.81. The molecule has 0 bridgehead atoms. The van der Waals surface area contributed by atoms with Crippen LogP contribution in [0.15, 0.2) is 42.1 Å². The zero-order chi connectivity index (χ0) is 22.2. The minimum absolute atomic E-state index is 0.0522. The molecular formula is C22H22ClN5O2S. The molecule has 7 nitrogen and oxygen atoms in total. The molecule has 1 amide bonds. The van der Waals surface area contributed by atoms with Crippen LogP contribution in [-0.2, 0) is 11.2 Å². The Bertz CT molecular complexity index is 1130. The van der Waals surface area contributed by atoms with Crippen molar-refractivity contribution >= 4 is 40.1 Å². The third-order valence-corrected chi connectivity index (χ3v) is 5.65. The lowest BCUT2D eigenvalue weighted by atomic mass is 10.2. The van der Waals surface area contributed by atoms with Crippen molar-refractivity contribution in [2.45, 2.75) is 32.6 Å². The number of ether oxygens (including phenoxy) is 1. The number of nitriles is 1. The van der Waals surface area contributed by atoms with Gasteiger partial charge in [0.1, 0.15) is 22.4 Å². The normalized spacial score (nSPS) is 11.2. The van der Waals surface area contributed by atoms with Crippen LogP contribution in [0, 0.1) is 11.3 Å². The van der Waals surface area contributed by atoms with Crippen LogP contribution in [-0.4, -0.2) is 27.8 Å². The molecule has 0 saturated heterocycles. The number of unbranched alkanes of at least 4 members (excludes halogenated alkanes) is 2. The van der Waals surface area contributed by atoms with Crippen LogP contribution in [0.3, 0.4) is 0 Å². The van der Waals surface area contributed by atoms with Gasteiger partial charge in [-0.1, -0.05) is 42.7 Å². The molecule has 1 aromatic carbocycles. The van der Waals surface area contributed by atoms with Gasteiger partial charge in [-0.2, -0.15) is 5.26 Å². The van der Waals surface area contributed by atoms with Crippen LogP contribution in [0.25, 0.3) is 11.8 Å². The standard InChI is InChI=1S/C22H22ClN5O2S/c1-3-4-5-8-20-26-27-22(31-20)25-21(29)15(14-24)12-17-7-6-11-28(17)18-13-16(23)9-10-19(18)30-2/h6-7,9-13H,3-5,8H2,1-2H3,(H,25,27,29)/b15-12-. The molecule has 0 fully saturated rings. The molecule has 0 unspecified atom stereocenters. The highest BCUT2D eigenvalue weighted by molar-refractivity contribution is 7.15. The molecule has 2 heterocycles. The summed E-state index contributed by atoms with van der Waals surface area (Å²) >= 11 is 7.47. The molecule has 0 spiro atoms. The van der Waals surface area contributed by atoms with Crippen LogP contribution >= 0.6 is 22.9 Å². The van der Waals surface area contributed by atoms with Crippen molar-refractivity contribution in [1.82, 2.24) is 14.8 Å². The number of hydrogen-bond acceptors (Lipinski definition) is 6. The number of carbonyl (C=O) groups is 1. The Morgan fingerprint density at radius 1 is 1.35 bits per heavy atom. The van der Waals surface area contributed by atoms with E-state index in [0.717, 1.165) is 30.7 Å². The first kappa shape index (κ1) is 22.5. The predicted octanol–water partition coefficient (Wildman–Crippen LogP) is 5.27. The van der Waals surface area contributed by atoms with Crippen molar-refractivity contribution < 1.29 is 9.53 Å². The maximum absolute atomic E-state index is 12.6. The summed E-state index contributed by atoms with van der Waals surface area (Å²) in [7, 11) is 1.57. The second-order valence-corrected chi connectivity index (χ2v) is 8.20. The molecule has 3 aromatic rings. The van der Waals surface area contributed by atoms with E-state index in [1.807, 2.05) is 12.1 Å². The number of aromatic nitrogens is 3. The second-order valence-electron chi connectivity index (χ2n) is 6.70. The summed E-state index contributed by atoms with van der Waals surface area (Å²) in [6, 6.07) is 10.8. The van der Waals surface area contributed by atoms with E-state index >= 15 is 0 Å². The van der Waals surface area contributed by atoms with Gasteiger partial charge < -0.3 is 9.30 Å². The van der Waals surface area contributed by atoms with Crippen molar-refractivity contribution in [2.24, 2.45) is 0 Å². The summed E-state index contributed by atoms with van der Waals surface area (Å²) in [5.41, 5.74) is 1.28. The molecule has 0 aliphatic heterocycles. The first-order chi connectivity index (χ1) is 15.0. The quantitative estimate of drug-likeness (QED) is 0.269. The van der Waals surface area contributed by atoms with Crippen LogP contribution in [0.5, 0.6) is 5.75 Å². The second kappa shape index (κ2) is 10.8. The highest BCUT2D eigenvalue weighted by Crippen LogP contribution is 2.28. The van der Waals surface area contributed by atoms with E-state index in [2.05, 4.69) is 22.4 Å². The molecule has 2 aromatic heterocycles. The van der Waals surface area contributed by atoms with Crippen LogP contribution in [0.2, 0.25) is 5.02 Å². The molecule has 0 aliphatic carbocycles. The number of nitrogens with one attached hydrogen (secondary N) is 1. The number of anilines is 1. The lowest BCUT2D eigenvalue weighted by molar-refractivity contribution is -0.112. The first-order valence-corrected chi connectivity index (χ1v) is 11.0. The summed E-state index contributed by atoms with van der Waals surface area (Å²) in [4.78, 5) is 12.6. The summed E-state index contributed by atoms with van der Waals surface area (Å²) < 4.78 is 7.21. The largest absolute Gasteiger partial charge is 0.495 e. The maximum Gasteiger partial charge on any atom is 0.268 e. The van der Waals surface area contributed by atoms with Crippen molar-refractivity contribution in [1.29, 1.82) is 5.26 Å². The van der Waals surface area contributed by atoms with Gasteiger partial charge in [0, 0.05) is 23.3 Å². The SMILES string of the molecule is CCCCCc1nnc(NC(=O)/C(C#N)=C\c2cccn2-c2cc(Cl)ccc2OC)s1. The molecule has 3 rings (SSSR count). The van der Waals surface area contributed by atoms with Gasteiger partial charge in [0.15, 0.2) is 0 Å². The highest BCUT2D eigenvalue weighted by Gasteiger charge is 2.15. The average Bonchev–Trinajstić information content (AvgIpc) is 3.41. The first-order valence-electron chi connectivity index (χ1n) is 9.82. The molecule has 0 saturated carbocycles. The third-order valence-electron chi connectivity index (χ3n) is 4.52. The Hall–Kier alpha value is -3.15. The Morgan fingerprint density at radius 2 is 2.19 bits per heavy atom. The summed E-state index contributed by atoms with van der Waals surface area (Å²) in [5, 5.41) is 22.1. The van der Waals surface area contributed by atoms with Crippen molar-refractivity contribution in [3.05, 3.63) is 57.8 Å².